The summed E-state index contributed by atoms with van der Waals surface area (Å²) in [6.07, 6.45) is 8.45. The van der Waals surface area contributed by atoms with Crippen molar-refractivity contribution >= 4 is 5.97 Å². The third kappa shape index (κ3) is 2.51. The standard InChI is InChI=1S/C12H21NO2/c1-13(10-5-3-2-4-6-10)11(12(14)15)9-7-8-9/h9-11H,2-8H2,1H3,(H,14,15). The monoisotopic (exact) mass is 211 g/mol. The lowest BCUT2D eigenvalue weighted by atomic mass is 9.93. The minimum absolute atomic E-state index is 0.215. The molecule has 15 heavy (non-hydrogen) atoms. The Labute approximate surface area is 91.5 Å². The summed E-state index contributed by atoms with van der Waals surface area (Å²) in [7, 11) is 2.01. The number of aliphatic carboxylic acids is 1. The molecule has 2 saturated carbocycles. The van der Waals surface area contributed by atoms with Gasteiger partial charge in [0.1, 0.15) is 6.04 Å². The lowest BCUT2D eigenvalue weighted by Crippen LogP contribution is -2.46. The first-order valence-electron chi connectivity index (χ1n) is 6.15. The number of likely N-dealkylation sites (N-methyl/N-ethyl adjacent to an activating group) is 1. The van der Waals surface area contributed by atoms with Gasteiger partial charge in [-0.3, -0.25) is 9.69 Å². The minimum atomic E-state index is -0.620. The van der Waals surface area contributed by atoms with E-state index in [1.165, 1.54) is 32.1 Å². The molecule has 1 atom stereocenters. The molecule has 0 aromatic heterocycles. The van der Waals surface area contributed by atoms with Gasteiger partial charge in [-0.05, 0) is 38.6 Å². The maximum Gasteiger partial charge on any atom is 0.321 e. The molecule has 1 unspecified atom stereocenters. The van der Waals surface area contributed by atoms with Crippen LogP contribution in [0.4, 0.5) is 0 Å². The summed E-state index contributed by atoms with van der Waals surface area (Å²) in [6.45, 7) is 0. The maximum absolute atomic E-state index is 11.2. The number of carboxylic acid groups (broad SMARTS) is 1. The van der Waals surface area contributed by atoms with Crippen LogP contribution in [0.15, 0.2) is 0 Å². The zero-order valence-corrected chi connectivity index (χ0v) is 9.48. The van der Waals surface area contributed by atoms with Crippen molar-refractivity contribution in [3.05, 3.63) is 0 Å². The van der Waals surface area contributed by atoms with Crippen molar-refractivity contribution in [2.75, 3.05) is 7.05 Å². The van der Waals surface area contributed by atoms with E-state index >= 15 is 0 Å². The Morgan fingerprint density at radius 3 is 2.27 bits per heavy atom. The summed E-state index contributed by atoms with van der Waals surface area (Å²) in [5.41, 5.74) is 0. The number of carboxylic acids is 1. The van der Waals surface area contributed by atoms with Crippen molar-refractivity contribution in [2.45, 2.75) is 57.0 Å². The van der Waals surface area contributed by atoms with Crippen molar-refractivity contribution in [1.82, 2.24) is 4.90 Å². The van der Waals surface area contributed by atoms with Crippen LogP contribution in [-0.4, -0.2) is 35.1 Å². The molecule has 86 valence electrons. The maximum atomic E-state index is 11.2. The highest BCUT2D eigenvalue weighted by Crippen LogP contribution is 2.37. The van der Waals surface area contributed by atoms with Crippen LogP contribution < -0.4 is 0 Å². The molecule has 0 aromatic rings. The second-order valence-electron chi connectivity index (χ2n) is 5.08. The second kappa shape index (κ2) is 4.52. The van der Waals surface area contributed by atoms with Crippen molar-refractivity contribution in [2.24, 2.45) is 5.92 Å². The third-order valence-electron chi connectivity index (χ3n) is 3.91. The SMILES string of the molecule is CN(C1CCCCC1)C(C(=O)O)C1CC1. The van der Waals surface area contributed by atoms with Gasteiger partial charge in [-0.2, -0.15) is 0 Å². The molecule has 3 heteroatoms. The fourth-order valence-corrected chi connectivity index (χ4v) is 2.84. The van der Waals surface area contributed by atoms with E-state index in [-0.39, 0.29) is 6.04 Å². The molecule has 0 bridgehead atoms. The highest BCUT2D eigenvalue weighted by molar-refractivity contribution is 5.74. The molecular formula is C12H21NO2. The predicted molar refractivity (Wildman–Crippen MR) is 58.8 cm³/mol. The van der Waals surface area contributed by atoms with Gasteiger partial charge in [0.05, 0.1) is 0 Å². The molecule has 2 fully saturated rings. The third-order valence-corrected chi connectivity index (χ3v) is 3.91. The molecule has 2 rings (SSSR count). The van der Waals surface area contributed by atoms with Gasteiger partial charge in [0.15, 0.2) is 0 Å². The predicted octanol–water partition coefficient (Wildman–Crippen LogP) is 2.11. The topological polar surface area (TPSA) is 40.5 Å². The van der Waals surface area contributed by atoms with E-state index in [1.807, 2.05) is 7.05 Å². The van der Waals surface area contributed by atoms with Gasteiger partial charge in [-0.1, -0.05) is 19.3 Å². The van der Waals surface area contributed by atoms with Crippen LogP contribution in [0.5, 0.6) is 0 Å². The number of nitrogens with zero attached hydrogens (tertiary/aromatic N) is 1. The molecule has 0 amide bonds. The first kappa shape index (κ1) is 10.9. The van der Waals surface area contributed by atoms with E-state index in [9.17, 15) is 9.90 Å². The Morgan fingerprint density at radius 2 is 1.80 bits per heavy atom. The normalized spacial score (nSPS) is 25.5. The average molecular weight is 211 g/mol. The Hall–Kier alpha value is -0.570. The van der Waals surface area contributed by atoms with E-state index < -0.39 is 5.97 Å². The molecule has 0 aliphatic heterocycles. The van der Waals surface area contributed by atoms with E-state index in [4.69, 9.17) is 0 Å². The molecule has 0 heterocycles. The van der Waals surface area contributed by atoms with Crippen LogP contribution in [0.1, 0.15) is 44.9 Å². The Bertz CT molecular complexity index is 232. The molecule has 2 aliphatic carbocycles. The highest BCUT2D eigenvalue weighted by atomic mass is 16.4. The van der Waals surface area contributed by atoms with Crippen molar-refractivity contribution in [3.63, 3.8) is 0 Å². The smallest absolute Gasteiger partial charge is 0.321 e. The minimum Gasteiger partial charge on any atom is -0.480 e. The fraction of sp³-hybridized carbons (Fsp3) is 0.917. The van der Waals surface area contributed by atoms with Gasteiger partial charge in [-0.25, -0.2) is 0 Å². The number of hydrogen-bond donors (Lipinski definition) is 1. The molecule has 3 nitrogen and oxygen atoms in total. The second-order valence-corrected chi connectivity index (χ2v) is 5.08. The Balaban J connectivity index is 1.96. The van der Waals surface area contributed by atoms with Crippen LogP contribution in [0.2, 0.25) is 0 Å². The molecule has 1 N–H and O–H groups in total. The summed E-state index contributed by atoms with van der Waals surface area (Å²) in [6, 6.07) is 0.300. The number of hydrogen-bond acceptors (Lipinski definition) is 2. The van der Waals surface area contributed by atoms with Gasteiger partial charge in [0.2, 0.25) is 0 Å². The van der Waals surface area contributed by atoms with E-state index in [1.54, 1.807) is 0 Å². The van der Waals surface area contributed by atoms with Gasteiger partial charge in [0, 0.05) is 6.04 Å². The first-order chi connectivity index (χ1) is 7.20. The van der Waals surface area contributed by atoms with E-state index in [2.05, 4.69) is 4.90 Å². The Morgan fingerprint density at radius 1 is 1.20 bits per heavy atom. The van der Waals surface area contributed by atoms with Gasteiger partial charge >= 0.3 is 5.97 Å². The molecule has 0 aromatic carbocycles. The number of carbonyl (C=O) groups is 1. The van der Waals surface area contributed by atoms with Crippen LogP contribution >= 0.6 is 0 Å². The van der Waals surface area contributed by atoms with Crippen molar-refractivity contribution in [1.29, 1.82) is 0 Å². The summed E-state index contributed by atoms with van der Waals surface area (Å²) in [5.74, 6) is -0.194. The van der Waals surface area contributed by atoms with E-state index in [0.29, 0.717) is 12.0 Å². The van der Waals surface area contributed by atoms with Gasteiger partial charge in [-0.15, -0.1) is 0 Å². The zero-order valence-electron chi connectivity index (χ0n) is 9.48. The van der Waals surface area contributed by atoms with Crippen molar-refractivity contribution in [3.8, 4) is 0 Å². The summed E-state index contributed by atoms with van der Waals surface area (Å²) < 4.78 is 0. The van der Waals surface area contributed by atoms with Crippen molar-refractivity contribution < 1.29 is 9.90 Å². The zero-order chi connectivity index (χ0) is 10.8. The van der Waals surface area contributed by atoms with Crippen LogP contribution in [0.3, 0.4) is 0 Å². The summed E-state index contributed by atoms with van der Waals surface area (Å²) >= 11 is 0. The lowest BCUT2D eigenvalue weighted by Gasteiger charge is -2.35. The summed E-state index contributed by atoms with van der Waals surface area (Å²) in [4.78, 5) is 13.4. The molecule has 0 spiro atoms. The lowest BCUT2D eigenvalue weighted by molar-refractivity contribution is -0.144. The fourth-order valence-electron chi connectivity index (χ4n) is 2.84. The molecule has 2 aliphatic rings. The van der Waals surface area contributed by atoms with Gasteiger partial charge in [0.25, 0.3) is 0 Å². The average Bonchev–Trinajstić information content (AvgIpc) is 3.03. The summed E-state index contributed by atoms with van der Waals surface area (Å²) in [5, 5.41) is 9.24. The van der Waals surface area contributed by atoms with Crippen LogP contribution in [-0.2, 0) is 4.79 Å². The van der Waals surface area contributed by atoms with Crippen LogP contribution in [0, 0.1) is 5.92 Å². The highest BCUT2D eigenvalue weighted by Gasteiger charge is 2.41. The van der Waals surface area contributed by atoms with Gasteiger partial charge < -0.3 is 5.11 Å². The van der Waals surface area contributed by atoms with E-state index in [0.717, 1.165) is 12.8 Å². The molecule has 0 radical (unpaired) electrons. The van der Waals surface area contributed by atoms with Crippen LogP contribution in [0.25, 0.3) is 0 Å². The first-order valence-corrected chi connectivity index (χ1v) is 6.15. The Kier molecular flexibility index (Phi) is 3.29. The molecular weight excluding hydrogens is 190 g/mol. The number of rotatable bonds is 4. The molecule has 0 saturated heterocycles. The largest absolute Gasteiger partial charge is 0.480 e. The quantitative estimate of drug-likeness (QED) is 0.774.